The Balaban J connectivity index is 2.34. The molecule has 2 aromatic rings. The second kappa shape index (κ2) is 6.93. The van der Waals surface area contributed by atoms with Crippen LogP contribution in [0.25, 0.3) is 0 Å². The van der Waals surface area contributed by atoms with Gasteiger partial charge >= 0.3 is 5.95 Å². The Labute approximate surface area is 130 Å². The summed E-state index contributed by atoms with van der Waals surface area (Å²) in [5.41, 5.74) is 0.764. The lowest BCUT2D eigenvalue weighted by Gasteiger charge is -1.99. The minimum absolute atomic E-state index is 0.132. The Bertz CT molecular complexity index is 743. The number of rotatable bonds is 3. The fourth-order valence-electron chi connectivity index (χ4n) is 1.79. The number of azo groups is 1. The smallest absolute Gasteiger partial charge is 0.335 e. The van der Waals surface area contributed by atoms with Gasteiger partial charge in [-0.1, -0.05) is 25.0 Å². The highest BCUT2D eigenvalue weighted by Crippen LogP contribution is 2.07. The molecular weight excluding hydrogens is 278 g/mol. The van der Waals surface area contributed by atoms with Gasteiger partial charge in [-0.25, -0.2) is 9.13 Å². The molecule has 2 heterocycles. The number of amidine groups is 1. The van der Waals surface area contributed by atoms with Crippen molar-refractivity contribution in [2.45, 2.75) is 13.8 Å². The maximum absolute atomic E-state index is 4.27. The van der Waals surface area contributed by atoms with Crippen LogP contribution in [0, 0.1) is 5.92 Å². The van der Waals surface area contributed by atoms with Crippen LogP contribution < -0.4 is 10.1 Å². The third kappa shape index (κ3) is 3.75. The van der Waals surface area contributed by atoms with E-state index in [2.05, 4.69) is 20.4 Å². The molecule has 0 saturated heterocycles. The van der Waals surface area contributed by atoms with E-state index in [0.29, 0.717) is 5.84 Å². The summed E-state index contributed by atoms with van der Waals surface area (Å²) in [4.78, 5) is 0. The fraction of sp³-hybridized carbons (Fsp3) is 0.400. The van der Waals surface area contributed by atoms with Crippen LogP contribution in [-0.2, 0) is 21.1 Å². The number of imidazole rings is 1. The Morgan fingerprint density at radius 2 is 1.91 bits per heavy atom. The Hall–Kier alpha value is -2.57. The van der Waals surface area contributed by atoms with E-state index in [1.54, 1.807) is 0 Å². The quantitative estimate of drug-likeness (QED) is 0.273. The predicted octanol–water partition coefficient (Wildman–Crippen LogP) is 1.84. The summed E-state index contributed by atoms with van der Waals surface area (Å²) in [6, 6.07) is 5.77. The molecular formula is C15H22N7+. The maximum atomic E-state index is 4.27. The van der Waals surface area contributed by atoms with Crippen molar-refractivity contribution in [2.24, 2.45) is 47.5 Å². The highest BCUT2D eigenvalue weighted by molar-refractivity contribution is 5.84. The van der Waals surface area contributed by atoms with Crippen molar-refractivity contribution in [1.82, 2.24) is 9.13 Å². The van der Waals surface area contributed by atoms with Gasteiger partial charge in [0.1, 0.15) is 0 Å². The number of aromatic nitrogens is 3. The van der Waals surface area contributed by atoms with E-state index in [0.717, 1.165) is 11.4 Å². The molecule has 0 fully saturated rings. The van der Waals surface area contributed by atoms with E-state index in [1.165, 1.54) is 0 Å². The van der Waals surface area contributed by atoms with Crippen LogP contribution in [0.15, 0.2) is 57.2 Å². The summed E-state index contributed by atoms with van der Waals surface area (Å²) >= 11 is 0. The highest BCUT2D eigenvalue weighted by Gasteiger charge is 2.12. The number of aryl methyl sites for hydroxylation is 3. The summed E-state index contributed by atoms with van der Waals surface area (Å²) in [5, 5.41) is 17.0. The molecule has 0 spiro atoms. The average Bonchev–Trinajstić information content (AvgIpc) is 2.80. The van der Waals surface area contributed by atoms with Crippen LogP contribution in [0.1, 0.15) is 13.8 Å². The van der Waals surface area contributed by atoms with Crippen molar-refractivity contribution < 1.29 is 4.57 Å². The summed E-state index contributed by atoms with van der Waals surface area (Å²) in [6.45, 7) is 4.03. The zero-order valence-electron chi connectivity index (χ0n) is 13.7. The van der Waals surface area contributed by atoms with Gasteiger partial charge in [-0.3, -0.25) is 0 Å². The SMILES string of the molecule is CC(C)C(N=Nc1n(C)cc[n+]1C)=NN=c1ccccn1C. The average molecular weight is 300 g/mol. The van der Waals surface area contributed by atoms with Crippen LogP contribution >= 0.6 is 0 Å². The van der Waals surface area contributed by atoms with Gasteiger partial charge in [0.25, 0.3) is 0 Å². The zero-order chi connectivity index (χ0) is 16.1. The van der Waals surface area contributed by atoms with E-state index in [1.807, 2.05) is 85.5 Å². The van der Waals surface area contributed by atoms with Crippen molar-refractivity contribution in [3.05, 3.63) is 42.3 Å². The van der Waals surface area contributed by atoms with Crippen LogP contribution in [0.4, 0.5) is 5.95 Å². The monoisotopic (exact) mass is 300 g/mol. The van der Waals surface area contributed by atoms with Crippen LogP contribution in [0.3, 0.4) is 0 Å². The van der Waals surface area contributed by atoms with E-state index in [-0.39, 0.29) is 5.92 Å². The first kappa shape index (κ1) is 15.8. The molecule has 0 aliphatic rings. The number of hydrogen-bond acceptors (Lipinski definition) is 3. The topological polar surface area (TPSA) is 63.2 Å². The minimum atomic E-state index is 0.132. The molecule has 0 N–H and O–H groups in total. The molecule has 2 aromatic heterocycles. The number of nitrogens with zero attached hydrogens (tertiary/aromatic N) is 7. The molecule has 7 nitrogen and oxygen atoms in total. The van der Waals surface area contributed by atoms with Crippen molar-refractivity contribution in [2.75, 3.05) is 0 Å². The Kier molecular flexibility index (Phi) is 4.98. The van der Waals surface area contributed by atoms with Gasteiger partial charge in [-0.05, 0) is 12.1 Å². The molecule has 0 atom stereocenters. The second-order valence-electron chi connectivity index (χ2n) is 5.40. The van der Waals surface area contributed by atoms with Crippen molar-refractivity contribution in [1.29, 1.82) is 0 Å². The molecule has 2 rings (SSSR count). The van der Waals surface area contributed by atoms with Gasteiger partial charge < -0.3 is 4.57 Å². The van der Waals surface area contributed by atoms with Crippen molar-refractivity contribution in [3.63, 3.8) is 0 Å². The zero-order valence-corrected chi connectivity index (χ0v) is 13.7. The summed E-state index contributed by atoms with van der Waals surface area (Å²) in [7, 11) is 5.78. The molecule has 0 aliphatic carbocycles. The number of hydrogen-bond donors (Lipinski definition) is 0. The molecule has 116 valence electrons. The third-order valence-electron chi connectivity index (χ3n) is 3.19. The van der Waals surface area contributed by atoms with Gasteiger partial charge in [0.05, 0.1) is 26.5 Å². The van der Waals surface area contributed by atoms with E-state index in [9.17, 15) is 0 Å². The fourth-order valence-corrected chi connectivity index (χ4v) is 1.79. The molecule has 22 heavy (non-hydrogen) atoms. The summed E-state index contributed by atoms with van der Waals surface area (Å²) < 4.78 is 5.70. The molecule has 0 saturated carbocycles. The highest BCUT2D eigenvalue weighted by atomic mass is 15.3. The van der Waals surface area contributed by atoms with Crippen LogP contribution in [-0.4, -0.2) is 15.0 Å². The van der Waals surface area contributed by atoms with E-state index in [4.69, 9.17) is 0 Å². The predicted molar refractivity (Wildman–Crippen MR) is 84.4 cm³/mol. The van der Waals surface area contributed by atoms with Gasteiger partial charge in [0.15, 0.2) is 11.3 Å². The maximum Gasteiger partial charge on any atom is 0.421 e. The first-order valence-corrected chi connectivity index (χ1v) is 7.15. The molecule has 0 bridgehead atoms. The van der Waals surface area contributed by atoms with Gasteiger partial charge in [0, 0.05) is 24.3 Å². The summed E-state index contributed by atoms with van der Waals surface area (Å²) in [6.07, 6.45) is 5.78. The largest absolute Gasteiger partial charge is 0.421 e. The molecule has 0 aromatic carbocycles. The van der Waals surface area contributed by atoms with Gasteiger partial charge in [-0.2, -0.15) is 0 Å². The third-order valence-corrected chi connectivity index (χ3v) is 3.19. The summed E-state index contributed by atoms with van der Waals surface area (Å²) in [5.74, 6) is 1.47. The van der Waals surface area contributed by atoms with Gasteiger partial charge in [0.2, 0.25) is 0 Å². The van der Waals surface area contributed by atoms with E-state index < -0.39 is 0 Å². The lowest BCUT2D eigenvalue weighted by Crippen LogP contribution is -2.25. The second-order valence-corrected chi connectivity index (χ2v) is 5.40. The van der Waals surface area contributed by atoms with Gasteiger partial charge in [-0.15, -0.1) is 10.2 Å². The lowest BCUT2D eigenvalue weighted by molar-refractivity contribution is -0.657. The van der Waals surface area contributed by atoms with Crippen molar-refractivity contribution in [3.8, 4) is 0 Å². The first-order valence-electron chi connectivity index (χ1n) is 7.15. The Morgan fingerprint density at radius 1 is 1.14 bits per heavy atom. The molecule has 0 radical (unpaired) electrons. The molecule has 0 unspecified atom stereocenters. The Morgan fingerprint density at radius 3 is 2.50 bits per heavy atom. The first-order chi connectivity index (χ1) is 10.5. The molecule has 0 amide bonds. The number of pyridine rings is 1. The van der Waals surface area contributed by atoms with Crippen molar-refractivity contribution >= 4 is 11.8 Å². The normalized spacial score (nSPS) is 13.5. The molecule has 7 heteroatoms. The van der Waals surface area contributed by atoms with Crippen LogP contribution in [0.2, 0.25) is 0 Å². The lowest BCUT2D eigenvalue weighted by atomic mass is 10.2. The molecule has 0 aliphatic heterocycles. The minimum Gasteiger partial charge on any atom is -0.335 e. The van der Waals surface area contributed by atoms with Crippen LogP contribution in [0.5, 0.6) is 0 Å². The van der Waals surface area contributed by atoms with E-state index >= 15 is 0 Å². The standard InChI is InChI=1S/C15H22N7/c1-12(2)14(17-16-13-8-6-7-9-20(13)3)18-19-15-21(4)10-11-22(15)5/h6-12H,1-5H3/q+1.